The molecule has 1 heterocycles. The van der Waals surface area contributed by atoms with Gasteiger partial charge in [0.1, 0.15) is 0 Å². The number of hydrogen-bond acceptors (Lipinski definition) is 3. The second-order valence-corrected chi connectivity index (χ2v) is 4.68. The van der Waals surface area contributed by atoms with Crippen molar-refractivity contribution in [2.24, 2.45) is 0 Å². The van der Waals surface area contributed by atoms with E-state index in [0.717, 1.165) is 19.5 Å². The molecule has 0 amide bonds. The van der Waals surface area contributed by atoms with Crippen molar-refractivity contribution in [3.63, 3.8) is 0 Å². The highest BCUT2D eigenvalue weighted by Gasteiger charge is 2.25. The molecule has 0 bridgehead atoms. The zero-order valence-electron chi connectivity index (χ0n) is 9.94. The highest BCUT2D eigenvalue weighted by Crippen LogP contribution is 2.16. The topological polar surface area (TPSA) is 43.8 Å². The van der Waals surface area contributed by atoms with Crippen LogP contribution in [0.25, 0.3) is 0 Å². The van der Waals surface area contributed by atoms with Crippen molar-refractivity contribution in [3.8, 4) is 0 Å². The Morgan fingerprint density at radius 2 is 2.27 bits per heavy atom. The van der Waals surface area contributed by atoms with Crippen molar-refractivity contribution in [2.45, 2.75) is 38.8 Å². The number of likely N-dealkylation sites (N-methyl/N-ethyl adjacent to an activating group) is 1. The second kappa shape index (κ2) is 5.47. The normalized spacial score (nSPS) is 23.7. The van der Waals surface area contributed by atoms with E-state index >= 15 is 0 Å². The summed E-state index contributed by atoms with van der Waals surface area (Å²) in [6.07, 6.45) is 2.29. The van der Waals surface area contributed by atoms with Crippen molar-refractivity contribution in [3.05, 3.63) is 0 Å². The summed E-state index contributed by atoms with van der Waals surface area (Å²) in [6, 6.07) is 1.04. The molecule has 0 aromatic carbocycles. The zero-order chi connectivity index (χ0) is 11.4. The fourth-order valence-electron chi connectivity index (χ4n) is 2.12. The van der Waals surface area contributed by atoms with E-state index in [1.807, 2.05) is 4.90 Å². The maximum Gasteiger partial charge on any atom is 0.317 e. The quantitative estimate of drug-likeness (QED) is 0.754. The summed E-state index contributed by atoms with van der Waals surface area (Å²) in [7, 11) is 2.12. The highest BCUT2D eigenvalue weighted by atomic mass is 16.4. The molecule has 0 radical (unpaired) electrons. The van der Waals surface area contributed by atoms with E-state index in [1.165, 1.54) is 6.42 Å². The molecule has 0 spiro atoms. The van der Waals surface area contributed by atoms with Crippen LogP contribution in [-0.2, 0) is 4.79 Å². The van der Waals surface area contributed by atoms with Crippen LogP contribution in [0.4, 0.5) is 0 Å². The molecule has 1 atom stereocenters. The first kappa shape index (κ1) is 12.5. The number of carbonyl (C=O) groups is 1. The third-order valence-corrected chi connectivity index (χ3v) is 3.23. The van der Waals surface area contributed by atoms with E-state index in [1.54, 1.807) is 0 Å². The van der Waals surface area contributed by atoms with Crippen LogP contribution in [0.1, 0.15) is 26.7 Å². The van der Waals surface area contributed by atoms with Gasteiger partial charge in [0, 0.05) is 18.6 Å². The average molecular weight is 214 g/mol. The molecule has 0 aromatic rings. The highest BCUT2D eigenvalue weighted by molar-refractivity contribution is 5.69. The summed E-state index contributed by atoms with van der Waals surface area (Å²) in [5.74, 6) is -0.720. The van der Waals surface area contributed by atoms with Gasteiger partial charge in [-0.25, -0.2) is 0 Å². The van der Waals surface area contributed by atoms with Crippen molar-refractivity contribution < 1.29 is 9.90 Å². The van der Waals surface area contributed by atoms with Crippen LogP contribution < -0.4 is 0 Å². The van der Waals surface area contributed by atoms with E-state index in [4.69, 9.17) is 5.11 Å². The SMILES string of the molecule is CC(C)N(C)[C@@H]1CCCN(CC(=O)O)C1. The molecule has 1 rings (SSSR count). The van der Waals surface area contributed by atoms with Gasteiger partial charge in [-0.15, -0.1) is 0 Å². The number of hydrogen-bond donors (Lipinski definition) is 1. The Kier molecular flexibility index (Phi) is 4.54. The Hall–Kier alpha value is -0.610. The molecule has 0 unspecified atom stereocenters. The summed E-state index contributed by atoms with van der Waals surface area (Å²) in [5.41, 5.74) is 0. The first-order chi connectivity index (χ1) is 7.00. The predicted octanol–water partition coefficient (Wildman–Crippen LogP) is 0.876. The summed E-state index contributed by atoms with van der Waals surface area (Å²) in [5, 5.41) is 8.74. The first-order valence-corrected chi connectivity index (χ1v) is 5.66. The van der Waals surface area contributed by atoms with Gasteiger partial charge in [-0.05, 0) is 40.3 Å². The van der Waals surface area contributed by atoms with Crippen LogP contribution in [-0.4, -0.2) is 59.6 Å². The zero-order valence-corrected chi connectivity index (χ0v) is 9.94. The Morgan fingerprint density at radius 1 is 1.60 bits per heavy atom. The molecular weight excluding hydrogens is 192 g/mol. The standard InChI is InChI=1S/C11H22N2O2/c1-9(2)12(3)10-5-4-6-13(7-10)8-11(14)15/h9-10H,4-8H2,1-3H3,(H,14,15)/t10-/m1/s1. The van der Waals surface area contributed by atoms with Crippen LogP contribution in [0.3, 0.4) is 0 Å². The molecule has 1 N–H and O–H groups in total. The van der Waals surface area contributed by atoms with Crippen molar-refractivity contribution >= 4 is 5.97 Å². The number of rotatable bonds is 4. The lowest BCUT2D eigenvalue weighted by Gasteiger charge is -2.38. The minimum atomic E-state index is -0.720. The van der Waals surface area contributed by atoms with Gasteiger partial charge in [0.25, 0.3) is 0 Å². The summed E-state index contributed by atoms with van der Waals surface area (Å²) >= 11 is 0. The molecular formula is C11H22N2O2. The maximum absolute atomic E-state index is 10.6. The van der Waals surface area contributed by atoms with Crippen molar-refractivity contribution in [2.75, 3.05) is 26.7 Å². The molecule has 0 saturated carbocycles. The van der Waals surface area contributed by atoms with Gasteiger partial charge in [-0.1, -0.05) is 0 Å². The van der Waals surface area contributed by atoms with Gasteiger partial charge in [-0.2, -0.15) is 0 Å². The molecule has 0 aliphatic carbocycles. The van der Waals surface area contributed by atoms with E-state index in [9.17, 15) is 4.79 Å². The molecule has 1 fully saturated rings. The molecule has 1 saturated heterocycles. The Balaban J connectivity index is 2.44. The molecule has 15 heavy (non-hydrogen) atoms. The minimum absolute atomic E-state index is 0.183. The number of likely N-dealkylation sites (tertiary alicyclic amines) is 1. The lowest BCUT2D eigenvalue weighted by Crippen LogP contribution is -2.49. The lowest BCUT2D eigenvalue weighted by molar-refractivity contribution is -0.138. The van der Waals surface area contributed by atoms with Crippen LogP contribution in [0, 0.1) is 0 Å². The largest absolute Gasteiger partial charge is 0.480 e. The van der Waals surface area contributed by atoms with E-state index < -0.39 is 5.97 Å². The van der Waals surface area contributed by atoms with Crippen LogP contribution in [0.15, 0.2) is 0 Å². The van der Waals surface area contributed by atoms with E-state index in [0.29, 0.717) is 12.1 Å². The predicted molar refractivity (Wildman–Crippen MR) is 60.0 cm³/mol. The number of carboxylic acid groups (broad SMARTS) is 1. The maximum atomic E-state index is 10.6. The Bertz CT molecular complexity index is 219. The van der Waals surface area contributed by atoms with Gasteiger partial charge in [0.15, 0.2) is 0 Å². The lowest BCUT2D eigenvalue weighted by atomic mass is 10.0. The van der Waals surface area contributed by atoms with E-state index in [-0.39, 0.29) is 6.54 Å². The number of carboxylic acids is 1. The minimum Gasteiger partial charge on any atom is -0.480 e. The average Bonchev–Trinajstić information content (AvgIpc) is 2.16. The van der Waals surface area contributed by atoms with Crippen LogP contribution in [0.5, 0.6) is 0 Å². The molecule has 4 heteroatoms. The Labute approximate surface area is 91.9 Å². The molecule has 4 nitrogen and oxygen atoms in total. The smallest absolute Gasteiger partial charge is 0.317 e. The van der Waals surface area contributed by atoms with Gasteiger partial charge in [0.2, 0.25) is 0 Å². The van der Waals surface area contributed by atoms with Gasteiger partial charge < -0.3 is 5.11 Å². The fourth-order valence-corrected chi connectivity index (χ4v) is 2.12. The second-order valence-electron chi connectivity index (χ2n) is 4.68. The molecule has 0 aromatic heterocycles. The van der Waals surface area contributed by atoms with Gasteiger partial charge >= 0.3 is 5.97 Å². The summed E-state index contributed by atoms with van der Waals surface area (Å²) in [4.78, 5) is 15.0. The monoisotopic (exact) mass is 214 g/mol. The van der Waals surface area contributed by atoms with Crippen LogP contribution in [0.2, 0.25) is 0 Å². The molecule has 1 aliphatic rings. The van der Waals surface area contributed by atoms with Crippen molar-refractivity contribution in [1.82, 2.24) is 9.80 Å². The third kappa shape index (κ3) is 3.80. The molecule has 88 valence electrons. The van der Waals surface area contributed by atoms with Gasteiger partial charge in [-0.3, -0.25) is 14.6 Å². The Morgan fingerprint density at radius 3 is 2.80 bits per heavy atom. The van der Waals surface area contributed by atoms with Crippen LogP contribution >= 0.6 is 0 Å². The number of piperidine rings is 1. The number of nitrogens with zero attached hydrogens (tertiary/aromatic N) is 2. The summed E-state index contributed by atoms with van der Waals surface area (Å²) in [6.45, 7) is 6.35. The number of aliphatic carboxylic acids is 1. The fraction of sp³-hybridized carbons (Fsp3) is 0.909. The van der Waals surface area contributed by atoms with Gasteiger partial charge in [0.05, 0.1) is 6.54 Å². The van der Waals surface area contributed by atoms with Crippen molar-refractivity contribution in [1.29, 1.82) is 0 Å². The summed E-state index contributed by atoms with van der Waals surface area (Å²) < 4.78 is 0. The first-order valence-electron chi connectivity index (χ1n) is 5.66. The third-order valence-electron chi connectivity index (χ3n) is 3.23. The molecule has 1 aliphatic heterocycles. The van der Waals surface area contributed by atoms with E-state index in [2.05, 4.69) is 25.8 Å².